The lowest BCUT2D eigenvalue weighted by Crippen LogP contribution is -2.50. The number of halogens is 8. The first-order valence-electron chi connectivity index (χ1n) is 7.08. The highest BCUT2D eigenvalue weighted by Gasteiger charge is 2.73. The Kier molecular flexibility index (Phi) is 5.69. The zero-order chi connectivity index (χ0) is 20.7. The molecule has 27 heavy (non-hydrogen) atoms. The quantitative estimate of drug-likeness (QED) is 0.527. The van der Waals surface area contributed by atoms with Crippen molar-refractivity contribution in [2.75, 3.05) is 0 Å². The Morgan fingerprint density at radius 2 is 1.33 bits per heavy atom. The van der Waals surface area contributed by atoms with Crippen molar-refractivity contribution in [3.05, 3.63) is 64.1 Å². The molecule has 0 aliphatic heterocycles. The number of rotatable bonds is 4. The summed E-state index contributed by atoms with van der Waals surface area (Å²) in [6, 6.07) is 7.61. The minimum atomic E-state index is -6.23. The zero-order valence-electron chi connectivity index (χ0n) is 13.1. The predicted molar refractivity (Wildman–Crippen MR) is 86.4 cm³/mol. The van der Waals surface area contributed by atoms with E-state index in [4.69, 9.17) is 0 Å². The molecule has 0 aliphatic rings. The molecule has 0 N–H and O–H groups in total. The average Bonchev–Trinajstić information content (AvgIpc) is 2.52. The Bertz CT molecular complexity index is 905. The summed E-state index contributed by atoms with van der Waals surface area (Å²) in [6.45, 7) is 0. The summed E-state index contributed by atoms with van der Waals surface area (Å²) in [5.41, 5.74) is -7.32. The Morgan fingerprint density at radius 3 is 1.78 bits per heavy atom. The Morgan fingerprint density at radius 1 is 0.815 bits per heavy atom. The smallest absolute Gasteiger partial charge is 0.223 e. The minimum Gasteiger partial charge on any atom is -0.223 e. The lowest BCUT2D eigenvalue weighted by atomic mass is 9.93. The van der Waals surface area contributed by atoms with Crippen molar-refractivity contribution in [2.45, 2.75) is 28.7 Å². The lowest BCUT2D eigenvalue weighted by Gasteiger charge is -2.30. The van der Waals surface area contributed by atoms with E-state index >= 15 is 0 Å². The fourth-order valence-corrected chi connectivity index (χ4v) is 4.22. The molecule has 11 heteroatoms. The summed E-state index contributed by atoms with van der Waals surface area (Å²) in [5.74, 6) is -0.680. The number of hydrogen-bond donors (Lipinski definition) is 0. The number of benzene rings is 2. The summed E-state index contributed by atoms with van der Waals surface area (Å²) in [6.07, 6.45) is -12.5. The molecule has 0 saturated carbocycles. The average molecular weight is 479 g/mol. The van der Waals surface area contributed by atoms with Crippen LogP contribution in [-0.4, -0.2) is 20.8 Å². The molecule has 0 aliphatic carbocycles. The molecule has 148 valence electrons. The maximum atomic E-state index is 13.9. The van der Waals surface area contributed by atoms with E-state index in [0.29, 0.717) is 4.47 Å². The van der Waals surface area contributed by atoms with Gasteiger partial charge in [-0.2, -0.15) is 26.3 Å². The molecular formula is C16H10BrF7O2S. The summed E-state index contributed by atoms with van der Waals surface area (Å²) >= 11 is 3.09. The van der Waals surface area contributed by atoms with E-state index in [-0.39, 0.29) is 22.6 Å². The first-order chi connectivity index (χ1) is 12.2. The molecule has 2 aromatic carbocycles. The molecule has 0 heterocycles. The maximum Gasteiger partial charge on any atom is 0.435 e. The molecule has 2 aromatic rings. The van der Waals surface area contributed by atoms with Gasteiger partial charge in [0.05, 0.1) is 10.6 Å². The Labute approximate surface area is 158 Å². The van der Waals surface area contributed by atoms with Crippen LogP contribution in [0.5, 0.6) is 0 Å². The van der Waals surface area contributed by atoms with Gasteiger partial charge in [-0.3, -0.25) is 0 Å². The van der Waals surface area contributed by atoms with Gasteiger partial charge in [-0.05, 0) is 23.8 Å². The molecule has 0 unspecified atom stereocenters. The number of hydrogen-bond acceptors (Lipinski definition) is 2. The molecule has 0 atom stereocenters. The molecule has 0 bridgehead atoms. The summed E-state index contributed by atoms with van der Waals surface area (Å²) in [5, 5.41) is 0. The van der Waals surface area contributed by atoms with Crippen molar-refractivity contribution in [2.24, 2.45) is 0 Å². The van der Waals surface area contributed by atoms with Crippen molar-refractivity contribution in [1.82, 2.24) is 0 Å². The molecule has 2 rings (SSSR count). The van der Waals surface area contributed by atoms with E-state index in [1.54, 1.807) is 6.07 Å². The van der Waals surface area contributed by atoms with E-state index < -0.39 is 39.2 Å². The molecule has 0 spiro atoms. The van der Waals surface area contributed by atoms with Crippen LogP contribution in [0.1, 0.15) is 11.1 Å². The highest BCUT2D eigenvalue weighted by atomic mass is 79.9. The summed E-state index contributed by atoms with van der Waals surface area (Å²) in [7, 11) is -3.91. The van der Waals surface area contributed by atoms with Crippen LogP contribution in [0.3, 0.4) is 0 Å². The second kappa shape index (κ2) is 7.08. The second-order valence-corrected chi connectivity index (χ2v) is 8.47. The van der Waals surface area contributed by atoms with Gasteiger partial charge in [-0.15, -0.1) is 0 Å². The fourth-order valence-electron chi connectivity index (χ4n) is 2.28. The lowest BCUT2D eigenvalue weighted by molar-refractivity contribution is -0.348. The van der Waals surface area contributed by atoms with Crippen LogP contribution in [0, 0.1) is 0 Å². The van der Waals surface area contributed by atoms with Crippen molar-refractivity contribution >= 4 is 25.8 Å². The van der Waals surface area contributed by atoms with E-state index in [1.807, 2.05) is 0 Å². The molecule has 0 aromatic heterocycles. The summed E-state index contributed by atoms with van der Waals surface area (Å²) < 4.78 is 115. The largest absolute Gasteiger partial charge is 0.435 e. The molecule has 2 nitrogen and oxygen atoms in total. The molecule has 0 radical (unpaired) electrons. The van der Waals surface area contributed by atoms with Crippen molar-refractivity contribution in [1.29, 1.82) is 0 Å². The van der Waals surface area contributed by atoms with Crippen LogP contribution < -0.4 is 0 Å². The molecule has 0 fully saturated rings. The van der Waals surface area contributed by atoms with Gasteiger partial charge in [-0.25, -0.2) is 12.8 Å². The van der Waals surface area contributed by atoms with Crippen LogP contribution in [0.4, 0.5) is 30.7 Å². The van der Waals surface area contributed by atoms with Crippen LogP contribution in [0.25, 0.3) is 0 Å². The molecule has 0 saturated heterocycles. The minimum absolute atomic E-state index is 0.0913. The van der Waals surface area contributed by atoms with Crippen LogP contribution in [-0.2, 0) is 21.3 Å². The van der Waals surface area contributed by atoms with Gasteiger partial charge < -0.3 is 0 Å². The molecule has 0 amide bonds. The maximum absolute atomic E-state index is 13.9. The number of alkyl halides is 7. The SMILES string of the molecule is O=S(=O)(Cc1ccc(C(F)(C(F)(F)F)C(F)(F)F)cc1)c1cccc(Br)c1. The Balaban J connectivity index is 2.37. The first kappa shape index (κ1) is 21.7. The van der Waals surface area contributed by atoms with Gasteiger partial charge in [-0.1, -0.05) is 46.3 Å². The monoisotopic (exact) mass is 478 g/mol. The molecular weight excluding hydrogens is 469 g/mol. The van der Waals surface area contributed by atoms with E-state index in [0.717, 1.165) is 12.1 Å². The van der Waals surface area contributed by atoms with E-state index in [2.05, 4.69) is 15.9 Å². The van der Waals surface area contributed by atoms with Crippen molar-refractivity contribution in [3.8, 4) is 0 Å². The topological polar surface area (TPSA) is 34.1 Å². The third-order valence-electron chi connectivity index (χ3n) is 3.64. The van der Waals surface area contributed by atoms with Crippen LogP contribution in [0.15, 0.2) is 57.9 Å². The van der Waals surface area contributed by atoms with Gasteiger partial charge in [0.1, 0.15) is 0 Å². The van der Waals surface area contributed by atoms with Gasteiger partial charge in [0.2, 0.25) is 0 Å². The normalized spacial score (nSPS) is 13.6. The van der Waals surface area contributed by atoms with E-state index in [1.165, 1.54) is 18.2 Å². The van der Waals surface area contributed by atoms with Crippen molar-refractivity contribution in [3.63, 3.8) is 0 Å². The van der Waals surface area contributed by atoms with Crippen LogP contribution in [0.2, 0.25) is 0 Å². The predicted octanol–water partition coefficient (Wildman–Crippen LogP) is 5.71. The second-order valence-electron chi connectivity index (χ2n) is 5.57. The number of sulfone groups is 1. The van der Waals surface area contributed by atoms with Crippen LogP contribution >= 0.6 is 15.9 Å². The summed E-state index contributed by atoms with van der Waals surface area (Å²) in [4.78, 5) is -0.0913. The first-order valence-corrected chi connectivity index (χ1v) is 9.53. The third-order valence-corrected chi connectivity index (χ3v) is 5.82. The van der Waals surface area contributed by atoms with Gasteiger partial charge in [0.25, 0.3) is 0 Å². The standard InChI is InChI=1S/C16H10BrF7O2S/c17-12-2-1-3-13(8-12)27(25,26)9-10-4-6-11(7-5-10)14(18,15(19,20)21)16(22,23)24/h1-8H,9H2. The highest BCUT2D eigenvalue weighted by molar-refractivity contribution is 9.10. The van der Waals surface area contributed by atoms with Gasteiger partial charge in [0.15, 0.2) is 9.84 Å². The zero-order valence-corrected chi connectivity index (χ0v) is 15.5. The highest BCUT2D eigenvalue weighted by Crippen LogP contribution is 2.53. The van der Waals surface area contributed by atoms with E-state index in [9.17, 15) is 39.2 Å². The Hall–Kier alpha value is -1.62. The van der Waals surface area contributed by atoms with Crippen molar-refractivity contribution < 1.29 is 39.2 Å². The van der Waals surface area contributed by atoms with Gasteiger partial charge >= 0.3 is 18.0 Å². The fraction of sp³-hybridized carbons (Fsp3) is 0.250. The third kappa shape index (κ3) is 4.29. The van der Waals surface area contributed by atoms with Gasteiger partial charge in [0, 0.05) is 10.0 Å².